The van der Waals surface area contributed by atoms with Crippen molar-refractivity contribution in [3.8, 4) is 11.1 Å². The lowest BCUT2D eigenvalue weighted by atomic mass is 9.93. The molecular weight excluding hydrogens is 424 g/mol. The van der Waals surface area contributed by atoms with Crippen molar-refractivity contribution in [2.24, 2.45) is 0 Å². The lowest BCUT2D eigenvalue weighted by Crippen LogP contribution is -2.39. The van der Waals surface area contributed by atoms with E-state index in [1.165, 1.54) is 0 Å². The first-order valence-corrected chi connectivity index (χ1v) is 13.3. The van der Waals surface area contributed by atoms with Crippen LogP contribution in [0.1, 0.15) is 31.4 Å². The summed E-state index contributed by atoms with van der Waals surface area (Å²) in [4.78, 5) is 0. The van der Waals surface area contributed by atoms with E-state index in [-0.39, 0.29) is 12.3 Å². The Hall–Kier alpha value is -1.78. The molecule has 2 rings (SSSR count). The van der Waals surface area contributed by atoms with Crippen molar-refractivity contribution in [1.82, 2.24) is 9.44 Å². The third-order valence-corrected chi connectivity index (χ3v) is 6.94. The van der Waals surface area contributed by atoms with Crippen LogP contribution in [0.2, 0.25) is 0 Å². The first-order chi connectivity index (χ1) is 13.9. The molecule has 1 atom stereocenters. The summed E-state index contributed by atoms with van der Waals surface area (Å²) in [5, 5.41) is 10.7. The molecule has 0 fully saturated rings. The lowest BCUT2D eigenvalue weighted by Gasteiger charge is -2.24. The molecule has 1 unspecified atom stereocenters. The maximum absolute atomic E-state index is 11.8. The molecule has 0 heterocycles. The second-order valence-corrected chi connectivity index (χ2v) is 11.4. The van der Waals surface area contributed by atoms with Crippen molar-refractivity contribution in [1.29, 1.82) is 0 Å². The fourth-order valence-electron chi connectivity index (χ4n) is 2.96. The fourth-order valence-corrected chi connectivity index (χ4v) is 4.62. The molecule has 0 amide bonds. The highest BCUT2D eigenvalue weighted by atomic mass is 32.2. The van der Waals surface area contributed by atoms with Gasteiger partial charge in [-0.2, -0.15) is 0 Å². The Morgan fingerprint density at radius 2 is 1.43 bits per heavy atom. The van der Waals surface area contributed by atoms with Gasteiger partial charge in [-0.1, -0.05) is 55.5 Å². The van der Waals surface area contributed by atoms with Gasteiger partial charge in [-0.25, -0.2) is 26.3 Å². The summed E-state index contributed by atoms with van der Waals surface area (Å²) >= 11 is 0. The van der Waals surface area contributed by atoms with Crippen LogP contribution in [0, 0.1) is 0 Å². The van der Waals surface area contributed by atoms with Gasteiger partial charge in [0.15, 0.2) is 0 Å². The minimum Gasteiger partial charge on any atom is -0.384 e. The van der Waals surface area contributed by atoms with Gasteiger partial charge in [-0.05, 0) is 42.0 Å². The summed E-state index contributed by atoms with van der Waals surface area (Å²) in [6.45, 7) is 3.62. The third-order valence-electron chi connectivity index (χ3n) is 4.68. The van der Waals surface area contributed by atoms with Crippen molar-refractivity contribution in [2.45, 2.75) is 32.3 Å². The number of nitrogens with one attached hydrogen (secondary N) is 2. The number of sulfonamides is 2. The molecule has 0 spiro atoms. The Balaban J connectivity index is 2.02. The average molecular weight is 455 g/mol. The molecule has 30 heavy (non-hydrogen) atoms. The molecule has 2 aromatic rings. The van der Waals surface area contributed by atoms with Crippen LogP contribution in [0.5, 0.6) is 0 Å². The Morgan fingerprint density at radius 1 is 0.900 bits per heavy atom. The van der Waals surface area contributed by atoms with Crippen LogP contribution in [0.4, 0.5) is 0 Å². The van der Waals surface area contributed by atoms with Gasteiger partial charge in [0.05, 0.1) is 12.0 Å². The maximum Gasteiger partial charge on any atom is 0.211 e. The smallest absolute Gasteiger partial charge is 0.211 e. The van der Waals surface area contributed by atoms with Gasteiger partial charge in [0.1, 0.15) is 5.60 Å². The molecule has 9 heteroatoms. The zero-order chi connectivity index (χ0) is 22.4. The molecule has 0 aromatic heterocycles. The van der Waals surface area contributed by atoms with Crippen molar-refractivity contribution in [3.63, 3.8) is 0 Å². The zero-order valence-electron chi connectivity index (χ0n) is 17.6. The summed E-state index contributed by atoms with van der Waals surface area (Å²) in [6, 6.07) is 15.2. The van der Waals surface area contributed by atoms with Crippen LogP contribution in [-0.4, -0.2) is 47.0 Å². The second kappa shape index (κ2) is 10.0. The molecule has 7 nitrogen and oxygen atoms in total. The van der Waals surface area contributed by atoms with Crippen LogP contribution in [0.25, 0.3) is 11.1 Å². The first-order valence-electron chi connectivity index (χ1n) is 9.76. The predicted octanol–water partition coefficient (Wildman–Crippen LogP) is 1.98. The Morgan fingerprint density at radius 3 is 1.93 bits per heavy atom. The molecule has 0 aliphatic carbocycles. The molecule has 3 N–H and O–H groups in total. The summed E-state index contributed by atoms with van der Waals surface area (Å²) in [5.41, 5.74) is 2.27. The van der Waals surface area contributed by atoms with E-state index in [1.807, 2.05) is 36.4 Å². The third kappa shape index (κ3) is 7.81. The van der Waals surface area contributed by atoms with Crippen LogP contribution >= 0.6 is 0 Å². The second-order valence-electron chi connectivity index (χ2n) is 7.60. The van der Waals surface area contributed by atoms with Crippen LogP contribution in [-0.2, 0) is 32.1 Å². The van der Waals surface area contributed by atoms with Crippen molar-refractivity contribution in [3.05, 3.63) is 59.7 Å². The normalized spacial score (nSPS) is 14.4. The highest BCUT2D eigenvalue weighted by molar-refractivity contribution is 7.89. The Kier molecular flexibility index (Phi) is 8.18. The Bertz CT molecular complexity index is 1030. The summed E-state index contributed by atoms with van der Waals surface area (Å²) in [5.74, 6) is 0.0301. The van der Waals surface area contributed by atoms with Gasteiger partial charge in [0.2, 0.25) is 20.0 Å². The molecule has 0 aliphatic rings. The number of rotatable bonds is 11. The summed E-state index contributed by atoms with van der Waals surface area (Å²) < 4.78 is 50.8. The number of hydrogen-bond donors (Lipinski definition) is 3. The number of aliphatic hydroxyl groups is 1. The molecule has 0 radical (unpaired) electrons. The minimum absolute atomic E-state index is 0.0301. The predicted molar refractivity (Wildman–Crippen MR) is 120 cm³/mol. The molecule has 0 bridgehead atoms. The quantitative estimate of drug-likeness (QED) is 0.481. The lowest BCUT2D eigenvalue weighted by molar-refractivity contribution is 0.0627. The molecule has 0 saturated heterocycles. The number of hydrogen-bond acceptors (Lipinski definition) is 5. The zero-order valence-corrected chi connectivity index (χ0v) is 19.2. The molecule has 0 aliphatic heterocycles. The van der Waals surface area contributed by atoms with Crippen molar-refractivity contribution in [2.75, 3.05) is 25.1 Å². The standard InChI is InChI=1S/C21H30N2O5S2/c1-4-15-30(27,28)23-16-21(2,24)20-11-9-19(10-12-20)18-7-5-17(6-8-18)13-14-22-29(3,25)26/h5-12,22-24H,4,13-16H2,1-3H3. The van der Waals surface area contributed by atoms with E-state index in [4.69, 9.17) is 0 Å². The van der Waals surface area contributed by atoms with Crippen molar-refractivity contribution >= 4 is 20.0 Å². The Labute approximate surface area is 179 Å². The van der Waals surface area contributed by atoms with E-state index in [0.29, 0.717) is 24.9 Å². The molecule has 2 aromatic carbocycles. The van der Waals surface area contributed by atoms with Gasteiger partial charge >= 0.3 is 0 Å². The molecular formula is C21H30N2O5S2. The van der Waals surface area contributed by atoms with Crippen LogP contribution in [0.3, 0.4) is 0 Å². The topological polar surface area (TPSA) is 113 Å². The van der Waals surface area contributed by atoms with Crippen LogP contribution in [0.15, 0.2) is 48.5 Å². The average Bonchev–Trinajstić information content (AvgIpc) is 2.66. The summed E-state index contributed by atoms with van der Waals surface area (Å²) in [7, 11) is -6.58. The van der Waals surface area contributed by atoms with E-state index in [2.05, 4.69) is 9.44 Å². The largest absolute Gasteiger partial charge is 0.384 e. The van der Waals surface area contributed by atoms with Gasteiger partial charge < -0.3 is 5.11 Å². The van der Waals surface area contributed by atoms with Crippen molar-refractivity contribution < 1.29 is 21.9 Å². The monoisotopic (exact) mass is 454 g/mol. The minimum atomic E-state index is -3.39. The molecule has 0 saturated carbocycles. The highest BCUT2D eigenvalue weighted by Crippen LogP contribution is 2.25. The maximum atomic E-state index is 11.8. The first kappa shape index (κ1) is 24.5. The van der Waals surface area contributed by atoms with Gasteiger partial charge in [0, 0.05) is 13.1 Å². The van der Waals surface area contributed by atoms with Crippen LogP contribution < -0.4 is 9.44 Å². The van der Waals surface area contributed by atoms with E-state index < -0.39 is 25.6 Å². The summed E-state index contributed by atoms with van der Waals surface area (Å²) in [6.07, 6.45) is 2.25. The van der Waals surface area contributed by atoms with Gasteiger partial charge in [-0.3, -0.25) is 0 Å². The van der Waals surface area contributed by atoms with Gasteiger partial charge in [0.25, 0.3) is 0 Å². The molecule has 166 valence electrons. The van der Waals surface area contributed by atoms with E-state index in [0.717, 1.165) is 22.9 Å². The van der Waals surface area contributed by atoms with E-state index in [1.54, 1.807) is 26.0 Å². The fraction of sp³-hybridized carbons (Fsp3) is 0.429. The highest BCUT2D eigenvalue weighted by Gasteiger charge is 2.25. The van der Waals surface area contributed by atoms with Gasteiger partial charge in [-0.15, -0.1) is 0 Å². The number of benzene rings is 2. The SMILES string of the molecule is CCCS(=O)(=O)NCC(C)(O)c1ccc(-c2ccc(CCNS(C)(=O)=O)cc2)cc1. The van der Waals surface area contributed by atoms with E-state index >= 15 is 0 Å². The van der Waals surface area contributed by atoms with E-state index in [9.17, 15) is 21.9 Å².